The summed E-state index contributed by atoms with van der Waals surface area (Å²) in [7, 11) is 0. The molecule has 0 fully saturated rings. The number of carboxylic acid groups (broad SMARTS) is 3. The van der Waals surface area contributed by atoms with Crippen LogP contribution in [0.1, 0.15) is 78.1 Å². The Balaban J connectivity index is 0.000000766. The third-order valence-electron chi connectivity index (χ3n) is 8.58. The molecule has 0 aliphatic carbocycles. The van der Waals surface area contributed by atoms with Crippen molar-refractivity contribution in [3.8, 4) is 0 Å². The number of hydrogen-bond donors (Lipinski definition) is 5. The summed E-state index contributed by atoms with van der Waals surface area (Å²) >= 11 is 0. The fourth-order valence-electron chi connectivity index (χ4n) is 5.69. The van der Waals surface area contributed by atoms with Gasteiger partial charge in [0.05, 0.1) is 29.4 Å². The third kappa shape index (κ3) is 8.38. The average molecular weight is 722 g/mol. The minimum atomic E-state index is -1.18. The molecule has 12 nitrogen and oxygen atoms in total. The molecule has 0 amide bonds. The molecule has 3 aromatic heterocycles. The van der Waals surface area contributed by atoms with Crippen molar-refractivity contribution < 1.29 is 51.9 Å². The quantitative estimate of drug-likeness (QED) is 0.172. The number of hydrogen-bond acceptors (Lipinski definition) is 7. The first kappa shape index (κ1) is 39.4. The molecule has 13 heteroatoms. The van der Waals surface area contributed by atoms with Gasteiger partial charge in [-0.3, -0.25) is 14.4 Å². The molecule has 6 N–H and O–H groups in total. The van der Waals surface area contributed by atoms with E-state index in [4.69, 9.17) is 35.9 Å². The zero-order chi connectivity index (χ0) is 36.2. The maximum Gasteiger partial charge on any atom is 2.00 e. The fraction of sp³-hybridized carbons (Fsp3) is 0.270. The third-order valence-corrected chi connectivity index (χ3v) is 8.58. The minimum absolute atomic E-state index is 0. The van der Waals surface area contributed by atoms with E-state index in [0.717, 1.165) is 61.5 Å². The van der Waals surface area contributed by atoms with Crippen LogP contribution in [0.2, 0.25) is 0 Å². The van der Waals surface area contributed by atoms with Gasteiger partial charge in [0, 0.05) is 18.4 Å². The maximum absolute atomic E-state index is 11.5. The number of carboxylic acids is 3. The number of aliphatic hydroxyl groups is 1. The Kier molecular flexibility index (Phi) is 13.0. The molecule has 8 bridgehead atoms. The number of carbonyl (C=O) groups is 3. The zero-order valence-electron chi connectivity index (χ0n) is 28.2. The van der Waals surface area contributed by atoms with Crippen LogP contribution in [0.5, 0.6) is 0 Å². The van der Waals surface area contributed by atoms with E-state index < -0.39 is 30.6 Å². The van der Waals surface area contributed by atoms with Crippen LogP contribution < -0.4 is 15.7 Å². The summed E-state index contributed by atoms with van der Waals surface area (Å²) in [6.07, 6.45) is 4.06. The number of aliphatic carboxylic acids is 3. The topological polar surface area (TPSA) is 212 Å². The first-order chi connectivity index (χ1) is 23.2. The summed E-state index contributed by atoms with van der Waals surface area (Å²) in [5.74, 6) is -2.97. The van der Waals surface area contributed by atoms with E-state index in [2.05, 4.69) is 13.2 Å². The van der Waals surface area contributed by atoms with Crippen molar-refractivity contribution >= 4 is 68.3 Å². The first-order valence-corrected chi connectivity index (χ1v) is 15.5. The normalized spacial score (nSPS) is 12.8. The van der Waals surface area contributed by atoms with Gasteiger partial charge in [0.25, 0.3) is 0 Å². The molecule has 1 unspecified atom stereocenters. The van der Waals surface area contributed by atoms with Crippen LogP contribution in [0.15, 0.2) is 43.5 Å². The number of nitrogens with zero attached hydrogens (tertiary/aromatic N) is 4. The van der Waals surface area contributed by atoms with Gasteiger partial charge in [-0.1, -0.05) is 66.3 Å². The Morgan fingerprint density at radius 1 is 0.760 bits per heavy atom. The van der Waals surface area contributed by atoms with Crippen molar-refractivity contribution in [2.45, 2.75) is 59.4 Å². The maximum atomic E-state index is 11.5. The Bertz CT molecular complexity index is 2110. The Morgan fingerprint density at radius 3 is 1.84 bits per heavy atom. The van der Waals surface area contributed by atoms with Gasteiger partial charge in [-0.05, 0) is 62.8 Å². The van der Waals surface area contributed by atoms with Gasteiger partial charge in [0.2, 0.25) is 0 Å². The smallest absolute Gasteiger partial charge is 0.657 e. The number of aliphatic hydroxyl groups excluding tert-OH is 1. The molecule has 0 saturated carbocycles. The van der Waals surface area contributed by atoms with Gasteiger partial charge in [0.15, 0.2) is 0 Å². The number of allylic oxidation sites excluding steroid dienone is 5. The second kappa shape index (κ2) is 16.6. The van der Waals surface area contributed by atoms with Crippen molar-refractivity contribution in [2.24, 2.45) is 5.73 Å². The van der Waals surface area contributed by atoms with E-state index in [-0.39, 0.29) is 29.9 Å². The summed E-state index contributed by atoms with van der Waals surface area (Å²) in [5.41, 5.74) is 17.4. The van der Waals surface area contributed by atoms with Gasteiger partial charge in [-0.25, -0.2) is 9.97 Å². The largest absolute Gasteiger partial charge is 2.00 e. The van der Waals surface area contributed by atoms with Crippen LogP contribution in [0.3, 0.4) is 0 Å². The summed E-state index contributed by atoms with van der Waals surface area (Å²) in [5, 5.41) is 34.8. The molecule has 5 heterocycles. The number of rotatable bonds is 10. The Morgan fingerprint density at radius 2 is 1.28 bits per heavy atom. The number of aromatic nitrogens is 4. The van der Waals surface area contributed by atoms with Gasteiger partial charge < -0.3 is 36.1 Å². The molecule has 262 valence electrons. The van der Waals surface area contributed by atoms with Crippen molar-refractivity contribution in [1.82, 2.24) is 19.9 Å². The molecule has 3 aromatic rings. The Labute approximate surface area is 299 Å². The molecule has 0 radical (unpaired) electrons. The van der Waals surface area contributed by atoms with Crippen LogP contribution in [0, 0.1) is 13.8 Å². The summed E-state index contributed by atoms with van der Waals surface area (Å²) in [6, 6.07) is 6.49. The predicted octanol–water partition coefficient (Wildman–Crippen LogP) is 5.15. The molecule has 2 aliphatic heterocycles. The van der Waals surface area contributed by atoms with Gasteiger partial charge in [-0.2, -0.15) is 0 Å². The molecule has 5 rings (SSSR count). The first-order valence-electron chi connectivity index (χ1n) is 15.5. The summed E-state index contributed by atoms with van der Waals surface area (Å²) in [4.78, 5) is 52.4. The molecule has 1 atom stereocenters. The number of fused-ring (bicyclic) bond motifs is 8. The van der Waals surface area contributed by atoms with Crippen LogP contribution in [-0.2, 0) is 37.9 Å². The van der Waals surface area contributed by atoms with E-state index in [1.807, 2.05) is 52.0 Å². The molecule has 0 aromatic carbocycles. The van der Waals surface area contributed by atoms with Crippen LogP contribution in [0.25, 0.3) is 50.4 Å². The standard InChI is InChI=1S/C34H34N4O4.C3H7NO3.Fe/c1-7-21-17(3)25-13-26-19(5)23(9-11-33(39)40)31(37-26)16-32-24(10-12-34(41)42)20(6)28(38-32)15-30-22(8-2)18(4)27(36-30)14-29(21)35-25;4-2(1-5)3(6)7;/h7-8,13-16H,1-2,9-12H2,3-6H3,(H4,35,36,37,38,39,40,41,42);2,5H,1,4H2,(H,6,7);/q;;+2/p-2. The zero-order valence-corrected chi connectivity index (χ0v) is 29.3. The van der Waals surface area contributed by atoms with Crippen molar-refractivity contribution in [3.05, 3.63) is 88.5 Å². The van der Waals surface area contributed by atoms with Crippen LogP contribution >= 0.6 is 0 Å². The van der Waals surface area contributed by atoms with E-state index in [1.54, 1.807) is 12.2 Å². The number of nitrogens with two attached hydrogens (primary N) is 1. The van der Waals surface area contributed by atoms with Crippen LogP contribution in [-0.4, -0.2) is 61.0 Å². The second-order valence-corrected chi connectivity index (χ2v) is 11.7. The van der Waals surface area contributed by atoms with Gasteiger partial charge in [0.1, 0.15) is 6.04 Å². The van der Waals surface area contributed by atoms with Crippen molar-refractivity contribution in [2.75, 3.05) is 6.61 Å². The molecular formula is C37H39FeN5O7. The SMILES string of the molecule is C=CC1=C(C)c2cc3[n-]c(cc4nc(cc5[n-]c(cc1n2)c(C)c5C=C)C(C)=C4CCC(=O)O)c(CCC(=O)O)c3C.NC(CO)C(=O)O.[Fe+2]. The van der Waals surface area contributed by atoms with Gasteiger partial charge >= 0.3 is 35.0 Å². The van der Waals surface area contributed by atoms with E-state index in [9.17, 15) is 24.6 Å². The minimum Gasteiger partial charge on any atom is -0.657 e. The molecule has 2 aliphatic rings. The van der Waals surface area contributed by atoms with Crippen molar-refractivity contribution in [3.63, 3.8) is 0 Å². The van der Waals surface area contributed by atoms with E-state index in [1.165, 1.54) is 0 Å². The molecular weight excluding hydrogens is 682 g/mol. The predicted molar refractivity (Wildman–Crippen MR) is 189 cm³/mol. The second-order valence-electron chi connectivity index (χ2n) is 11.7. The fourth-order valence-corrected chi connectivity index (χ4v) is 5.69. The van der Waals surface area contributed by atoms with E-state index >= 15 is 0 Å². The molecule has 0 spiro atoms. The Hall–Kier alpha value is -5.07. The summed E-state index contributed by atoms with van der Waals surface area (Å²) in [6.45, 7) is 15.4. The summed E-state index contributed by atoms with van der Waals surface area (Å²) < 4.78 is 0. The number of aryl methyl sites for hydroxylation is 3. The molecule has 50 heavy (non-hydrogen) atoms. The average Bonchev–Trinajstić information content (AvgIpc) is 3.71. The monoisotopic (exact) mass is 721 g/mol. The van der Waals surface area contributed by atoms with Gasteiger partial charge in [-0.15, -0.1) is 22.1 Å². The molecule has 0 saturated heterocycles. The van der Waals surface area contributed by atoms with E-state index in [0.29, 0.717) is 40.8 Å². The van der Waals surface area contributed by atoms with Crippen molar-refractivity contribution in [1.29, 1.82) is 0 Å². The van der Waals surface area contributed by atoms with Crippen LogP contribution in [0.4, 0.5) is 0 Å².